The molecule has 0 unspecified atom stereocenters. The Labute approximate surface area is 148 Å². The molecule has 2 aromatic rings. The molecule has 25 heavy (non-hydrogen) atoms. The molecule has 1 aliphatic rings. The van der Waals surface area contributed by atoms with Crippen molar-refractivity contribution in [3.63, 3.8) is 0 Å². The van der Waals surface area contributed by atoms with Gasteiger partial charge in [0.15, 0.2) is 0 Å². The van der Waals surface area contributed by atoms with E-state index in [0.717, 1.165) is 24.8 Å². The van der Waals surface area contributed by atoms with E-state index in [-0.39, 0.29) is 16.8 Å². The summed E-state index contributed by atoms with van der Waals surface area (Å²) < 4.78 is 26.9. The van der Waals surface area contributed by atoms with Gasteiger partial charge < -0.3 is 5.32 Å². The number of benzene rings is 2. The van der Waals surface area contributed by atoms with E-state index < -0.39 is 10.0 Å². The lowest BCUT2D eigenvalue weighted by Crippen LogP contribution is -2.26. The van der Waals surface area contributed by atoms with Crippen LogP contribution >= 0.6 is 0 Å². The number of nitrogens with one attached hydrogen (secondary N) is 2. The zero-order chi connectivity index (χ0) is 17.9. The van der Waals surface area contributed by atoms with Gasteiger partial charge in [0, 0.05) is 18.2 Å². The topological polar surface area (TPSA) is 75.3 Å². The Kier molecular flexibility index (Phi) is 5.20. The van der Waals surface area contributed by atoms with E-state index in [0.29, 0.717) is 12.1 Å². The largest absolute Gasteiger partial charge is 0.348 e. The molecule has 0 saturated heterocycles. The molecule has 0 heterocycles. The maximum Gasteiger partial charge on any atom is 0.251 e. The minimum Gasteiger partial charge on any atom is -0.348 e. The van der Waals surface area contributed by atoms with Crippen LogP contribution in [0.25, 0.3) is 0 Å². The first kappa shape index (κ1) is 17.6. The van der Waals surface area contributed by atoms with Crippen molar-refractivity contribution >= 4 is 15.9 Å². The Hall–Kier alpha value is -2.18. The molecule has 0 atom stereocenters. The number of sulfonamides is 1. The molecule has 3 rings (SSSR count). The third-order valence-corrected chi connectivity index (χ3v) is 5.75. The van der Waals surface area contributed by atoms with Crippen LogP contribution in [0.5, 0.6) is 0 Å². The molecule has 2 aromatic carbocycles. The average Bonchev–Trinajstić information content (AvgIpc) is 3.43. The summed E-state index contributed by atoms with van der Waals surface area (Å²) in [4.78, 5) is 12.4. The second-order valence-corrected chi connectivity index (χ2v) is 7.99. The number of rotatable bonds is 7. The van der Waals surface area contributed by atoms with Crippen LogP contribution in [-0.4, -0.2) is 20.4 Å². The molecular formula is C19H22N2O3S. The van der Waals surface area contributed by atoms with Gasteiger partial charge in [-0.25, -0.2) is 13.1 Å². The fourth-order valence-electron chi connectivity index (χ4n) is 2.45. The molecule has 0 radical (unpaired) electrons. The quantitative estimate of drug-likeness (QED) is 0.799. The molecule has 2 N–H and O–H groups in total. The van der Waals surface area contributed by atoms with Gasteiger partial charge in [-0.2, -0.15) is 0 Å². The number of amides is 1. The van der Waals surface area contributed by atoms with Crippen molar-refractivity contribution in [3.8, 4) is 0 Å². The highest BCUT2D eigenvalue weighted by atomic mass is 32.2. The molecule has 1 amide bonds. The zero-order valence-electron chi connectivity index (χ0n) is 14.2. The molecule has 0 bridgehead atoms. The molecule has 0 spiro atoms. The van der Waals surface area contributed by atoms with E-state index in [9.17, 15) is 13.2 Å². The Bertz CT molecular complexity index is 839. The fourth-order valence-corrected chi connectivity index (χ4v) is 3.76. The van der Waals surface area contributed by atoms with Gasteiger partial charge in [-0.15, -0.1) is 0 Å². The number of hydrogen-bond donors (Lipinski definition) is 2. The monoisotopic (exact) mass is 358 g/mol. The molecule has 1 fully saturated rings. The van der Waals surface area contributed by atoms with Crippen LogP contribution in [0.4, 0.5) is 0 Å². The summed E-state index contributed by atoms with van der Waals surface area (Å²) in [7, 11) is -3.43. The van der Waals surface area contributed by atoms with Gasteiger partial charge in [0.25, 0.3) is 5.91 Å². The van der Waals surface area contributed by atoms with E-state index in [4.69, 9.17) is 0 Å². The highest BCUT2D eigenvalue weighted by molar-refractivity contribution is 7.89. The molecule has 0 aromatic heterocycles. The average molecular weight is 358 g/mol. The van der Waals surface area contributed by atoms with Gasteiger partial charge in [-0.1, -0.05) is 31.2 Å². The Balaban J connectivity index is 1.58. The molecule has 5 nitrogen and oxygen atoms in total. The molecule has 6 heteroatoms. The van der Waals surface area contributed by atoms with Crippen LogP contribution in [0.3, 0.4) is 0 Å². The number of carbonyl (C=O) groups excluding carboxylic acids is 1. The zero-order valence-corrected chi connectivity index (χ0v) is 15.0. The normalized spacial score (nSPS) is 14.3. The lowest BCUT2D eigenvalue weighted by molar-refractivity contribution is 0.0951. The van der Waals surface area contributed by atoms with Gasteiger partial charge >= 0.3 is 0 Å². The molecular weight excluding hydrogens is 336 g/mol. The summed E-state index contributed by atoms with van der Waals surface area (Å²) >= 11 is 0. The first-order valence-electron chi connectivity index (χ1n) is 8.46. The smallest absolute Gasteiger partial charge is 0.251 e. The summed E-state index contributed by atoms with van der Waals surface area (Å²) in [5.74, 6) is -0.144. The molecule has 1 saturated carbocycles. The van der Waals surface area contributed by atoms with Gasteiger partial charge in [0.2, 0.25) is 10.0 Å². The van der Waals surface area contributed by atoms with E-state index >= 15 is 0 Å². The molecule has 132 valence electrons. The Morgan fingerprint density at radius 3 is 2.16 bits per heavy atom. The van der Waals surface area contributed by atoms with Crippen molar-refractivity contribution < 1.29 is 13.2 Å². The third kappa shape index (κ3) is 4.67. The third-order valence-electron chi connectivity index (χ3n) is 4.21. The van der Waals surface area contributed by atoms with Crippen molar-refractivity contribution in [2.24, 2.45) is 0 Å². The van der Waals surface area contributed by atoms with Gasteiger partial charge in [0.05, 0.1) is 4.90 Å². The van der Waals surface area contributed by atoms with Crippen LogP contribution in [0.1, 0.15) is 41.3 Å². The van der Waals surface area contributed by atoms with E-state index in [2.05, 4.69) is 17.0 Å². The van der Waals surface area contributed by atoms with Gasteiger partial charge in [-0.3, -0.25) is 4.79 Å². The number of hydrogen-bond acceptors (Lipinski definition) is 3. The maximum absolute atomic E-state index is 12.2. The van der Waals surface area contributed by atoms with Crippen molar-refractivity contribution in [1.29, 1.82) is 0 Å². The first-order valence-corrected chi connectivity index (χ1v) is 9.94. The van der Waals surface area contributed by atoms with Crippen LogP contribution in [0.2, 0.25) is 0 Å². The summed E-state index contributed by atoms with van der Waals surface area (Å²) in [5.41, 5.74) is 2.65. The SMILES string of the molecule is CCc1ccc(C(=O)NCc2ccc(S(=O)(=O)NC3CC3)cc2)cc1. The summed E-state index contributed by atoms with van der Waals surface area (Å²) in [6, 6.07) is 14.2. The predicted octanol–water partition coefficient (Wildman–Crippen LogP) is 2.62. The lowest BCUT2D eigenvalue weighted by Gasteiger charge is -2.08. The summed E-state index contributed by atoms with van der Waals surface area (Å²) in [6.45, 7) is 2.42. The minimum absolute atomic E-state index is 0.0862. The van der Waals surface area contributed by atoms with Gasteiger partial charge in [0.1, 0.15) is 0 Å². The fraction of sp³-hybridized carbons (Fsp3) is 0.316. The van der Waals surface area contributed by atoms with Crippen molar-refractivity contribution in [3.05, 3.63) is 65.2 Å². The van der Waals surface area contributed by atoms with Crippen LogP contribution in [-0.2, 0) is 23.0 Å². The summed E-state index contributed by atoms with van der Waals surface area (Å²) in [6.07, 6.45) is 2.75. The second-order valence-electron chi connectivity index (χ2n) is 6.27. The highest BCUT2D eigenvalue weighted by Gasteiger charge is 2.27. The van der Waals surface area contributed by atoms with E-state index in [1.54, 1.807) is 24.3 Å². The first-order chi connectivity index (χ1) is 12.0. The van der Waals surface area contributed by atoms with E-state index in [1.807, 2.05) is 24.3 Å². The molecule has 1 aliphatic carbocycles. The van der Waals surface area contributed by atoms with Crippen molar-refractivity contribution in [2.75, 3.05) is 0 Å². The van der Waals surface area contributed by atoms with Crippen molar-refractivity contribution in [2.45, 2.75) is 43.7 Å². The van der Waals surface area contributed by atoms with Crippen LogP contribution in [0, 0.1) is 0 Å². The lowest BCUT2D eigenvalue weighted by atomic mass is 10.1. The van der Waals surface area contributed by atoms with Gasteiger partial charge in [-0.05, 0) is 54.7 Å². The predicted molar refractivity (Wildman–Crippen MR) is 96.8 cm³/mol. The molecule has 0 aliphatic heterocycles. The Morgan fingerprint density at radius 2 is 1.60 bits per heavy atom. The standard InChI is InChI=1S/C19H22N2O3S/c1-2-14-3-7-16(8-4-14)19(22)20-13-15-5-11-18(12-6-15)25(23,24)21-17-9-10-17/h3-8,11-12,17,21H,2,9-10,13H2,1H3,(H,20,22). The minimum atomic E-state index is -3.43. The van der Waals surface area contributed by atoms with Crippen LogP contribution in [0.15, 0.2) is 53.4 Å². The number of carbonyl (C=O) groups is 1. The number of aryl methyl sites for hydroxylation is 1. The highest BCUT2D eigenvalue weighted by Crippen LogP contribution is 2.22. The van der Waals surface area contributed by atoms with Crippen molar-refractivity contribution in [1.82, 2.24) is 10.0 Å². The summed E-state index contributed by atoms with van der Waals surface area (Å²) in [5, 5.41) is 2.85. The van der Waals surface area contributed by atoms with E-state index in [1.165, 1.54) is 5.56 Å². The second kappa shape index (κ2) is 7.37. The maximum atomic E-state index is 12.2. The Morgan fingerprint density at radius 1 is 1.00 bits per heavy atom. The van der Waals surface area contributed by atoms with Crippen LogP contribution < -0.4 is 10.0 Å².